The molecule has 1 atom stereocenters. The van der Waals surface area contributed by atoms with Gasteiger partial charge >= 0.3 is 0 Å². The minimum atomic E-state index is 0. The number of hydrogen-bond donors (Lipinski definition) is 2. The summed E-state index contributed by atoms with van der Waals surface area (Å²) in [4.78, 5) is 12.0. The van der Waals surface area contributed by atoms with Crippen LogP contribution in [0.3, 0.4) is 0 Å². The largest absolute Gasteiger partial charge is 0.356 e. The van der Waals surface area contributed by atoms with Crippen molar-refractivity contribution < 1.29 is 0 Å². The van der Waals surface area contributed by atoms with Gasteiger partial charge in [0.2, 0.25) is 0 Å². The van der Waals surface area contributed by atoms with Crippen molar-refractivity contribution in [3.63, 3.8) is 0 Å². The predicted octanol–water partition coefficient (Wildman–Crippen LogP) is 2.06. The van der Waals surface area contributed by atoms with Crippen LogP contribution in [0.25, 0.3) is 0 Å². The van der Waals surface area contributed by atoms with Crippen LogP contribution in [-0.2, 0) is 0 Å². The predicted molar refractivity (Wildman–Crippen MR) is 127 cm³/mol. The Hall–Kier alpha value is -0.120. The number of likely N-dealkylation sites (N-methyl/N-ethyl adjacent to an activating group) is 1. The van der Waals surface area contributed by atoms with Gasteiger partial charge in [-0.3, -0.25) is 4.99 Å². The first-order valence-corrected chi connectivity index (χ1v) is 10.8. The van der Waals surface area contributed by atoms with E-state index in [0.717, 1.165) is 25.1 Å². The number of hydrogen-bond acceptors (Lipinski definition) is 4. The van der Waals surface area contributed by atoms with E-state index in [-0.39, 0.29) is 24.0 Å². The van der Waals surface area contributed by atoms with Gasteiger partial charge < -0.3 is 25.3 Å². The fraction of sp³-hybridized carbons (Fsp3) is 0.950. The third-order valence-electron chi connectivity index (χ3n) is 5.87. The Morgan fingerprint density at radius 3 is 2.30 bits per heavy atom. The lowest BCUT2D eigenvalue weighted by atomic mass is 10.0. The highest BCUT2D eigenvalue weighted by atomic mass is 127. The van der Waals surface area contributed by atoms with Crippen LogP contribution in [0.2, 0.25) is 0 Å². The summed E-state index contributed by atoms with van der Waals surface area (Å²) in [5.41, 5.74) is 0. The highest BCUT2D eigenvalue weighted by Crippen LogP contribution is 2.15. The van der Waals surface area contributed by atoms with E-state index < -0.39 is 0 Å². The second-order valence-corrected chi connectivity index (χ2v) is 8.01. The molecule has 1 unspecified atom stereocenters. The molecule has 0 amide bonds. The van der Waals surface area contributed by atoms with Crippen molar-refractivity contribution in [1.82, 2.24) is 25.3 Å². The summed E-state index contributed by atoms with van der Waals surface area (Å²) < 4.78 is 0. The average Bonchev–Trinajstić information content (AvgIpc) is 2.66. The van der Waals surface area contributed by atoms with Gasteiger partial charge in [0.05, 0.1) is 0 Å². The summed E-state index contributed by atoms with van der Waals surface area (Å²) >= 11 is 0. The number of piperidine rings is 1. The highest BCUT2D eigenvalue weighted by molar-refractivity contribution is 14.0. The molecule has 0 radical (unpaired) electrons. The molecule has 2 fully saturated rings. The van der Waals surface area contributed by atoms with Crippen LogP contribution < -0.4 is 10.6 Å². The zero-order valence-electron chi connectivity index (χ0n) is 17.9. The van der Waals surface area contributed by atoms with Gasteiger partial charge in [0.1, 0.15) is 0 Å². The van der Waals surface area contributed by atoms with E-state index in [1.54, 1.807) is 0 Å². The average molecular weight is 495 g/mol. The number of nitrogens with zero attached hydrogens (tertiary/aromatic N) is 4. The Bertz CT molecular complexity index is 398. The smallest absolute Gasteiger partial charge is 0.190 e. The number of rotatable bonds is 9. The zero-order valence-corrected chi connectivity index (χ0v) is 20.2. The van der Waals surface area contributed by atoms with Gasteiger partial charge in [-0.15, -0.1) is 24.0 Å². The molecular formula is C20H43IN6. The molecular weight excluding hydrogens is 451 g/mol. The third kappa shape index (κ3) is 10.3. The Kier molecular flexibility index (Phi) is 13.7. The SMILES string of the molecule is CN=C(NCCCCN1CCN(C)CC1)NCCCN1CCCCC1C.I. The van der Waals surface area contributed by atoms with Crippen LogP contribution in [0.1, 0.15) is 45.4 Å². The molecule has 2 rings (SSSR count). The molecule has 0 aromatic heterocycles. The maximum absolute atomic E-state index is 4.35. The molecule has 7 heteroatoms. The van der Waals surface area contributed by atoms with E-state index in [1.807, 2.05) is 7.05 Å². The Labute approximate surface area is 184 Å². The molecule has 27 heavy (non-hydrogen) atoms. The minimum absolute atomic E-state index is 0. The number of halogens is 1. The molecule has 6 nitrogen and oxygen atoms in total. The summed E-state index contributed by atoms with van der Waals surface area (Å²) in [7, 11) is 4.08. The highest BCUT2D eigenvalue weighted by Gasteiger charge is 2.17. The number of unbranched alkanes of at least 4 members (excludes halogenated alkanes) is 1. The third-order valence-corrected chi connectivity index (χ3v) is 5.87. The number of guanidine groups is 1. The molecule has 0 saturated carbocycles. The Morgan fingerprint density at radius 2 is 1.63 bits per heavy atom. The van der Waals surface area contributed by atoms with E-state index in [1.165, 1.54) is 84.3 Å². The van der Waals surface area contributed by atoms with Crippen LogP contribution in [0.4, 0.5) is 0 Å². The molecule has 0 bridgehead atoms. The van der Waals surface area contributed by atoms with Crippen molar-refractivity contribution in [2.24, 2.45) is 4.99 Å². The van der Waals surface area contributed by atoms with Crippen LogP contribution >= 0.6 is 24.0 Å². The lowest BCUT2D eigenvalue weighted by Crippen LogP contribution is -2.44. The number of piperazine rings is 1. The summed E-state index contributed by atoms with van der Waals surface area (Å²) in [6.07, 6.45) is 7.80. The normalized spacial score (nSPS) is 23.1. The molecule has 2 aliphatic rings. The van der Waals surface area contributed by atoms with Gasteiger partial charge in [0.15, 0.2) is 5.96 Å². The topological polar surface area (TPSA) is 46.1 Å². The van der Waals surface area contributed by atoms with Crippen molar-refractivity contribution in [3.05, 3.63) is 0 Å². The molecule has 0 aromatic carbocycles. The molecule has 0 aromatic rings. The monoisotopic (exact) mass is 494 g/mol. The van der Waals surface area contributed by atoms with Gasteiger partial charge in [0, 0.05) is 58.9 Å². The van der Waals surface area contributed by atoms with Crippen molar-refractivity contribution in [3.8, 4) is 0 Å². The zero-order chi connectivity index (χ0) is 18.6. The van der Waals surface area contributed by atoms with Gasteiger partial charge in [-0.1, -0.05) is 6.42 Å². The second-order valence-electron chi connectivity index (χ2n) is 8.01. The summed E-state index contributed by atoms with van der Waals surface area (Å²) in [6, 6.07) is 0.765. The first-order valence-electron chi connectivity index (χ1n) is 10.8. The van der Waals surface area contributed by atoms with E-state index in [9.17, 15) is 0 Å². The quantitative estimate of drug-likeness (QED) is 0.223. The summed E-state index contributed by atoms with van der Waals surface area (Å²) in [6.45, 7) is 13.0. The first kappa shape index (κ1) is 24.9. The van der Waals surface area contributed by atoms with Gasteiger partial charge in [-0.2, -0.15) is 0 Å². The Morgan fingerprint density at radius 1 is 0.926 bits per heavy atom. The second kappa shape index (κ2) is 14.8. The molecule has 2 heterocycles. The van der Waals surface area contributed by atoms with E-state index in [0.29, 0.717) is 0 Å². The lowest BCUT2D eigenvalue weighted by molar-refractivity contribution is 0.152. The van der Waals surface area contributed by atoms with Crippen molar-refractivity contribution in [1.29, 1.82) is 0 Å². The van der Waals surface area contributed by atoms with Crippen molar-refractivity contribution >= 4 is 29.9 Å². The molecule has 160 valence electrons. The fourth-order valence-corrected chi connectivity index (χ4v) is 3.94. The molecule has 2 aliphatic heterocycles. The fourth-order valence-electron chi connectivity index (χ4n) is 3.94. The number of aliphatic imine (C=N–C) groups is 1. The van der Waals surface area contributed by atoms with Crippen LogP contribution in [-0.4, -0.2) is 99.7 Å². The molecule has 0 aliphatic carbocycles. The minimum Gasteiger partial charge on any atom is -0.356 e. The maximum atomic E-state index is 4.35. The standard InChI is InChI=1S/C20H42N6.HI/c1-19-9-4-6-13-26(19)14-8-11-23-20(21-2)22-10-5-7-12-25-17-15-24(3)16-18-25;/h19H,4-18H2,1-3H3,(H2,21,22,23);1H. The summed E-state index contributed by atoms with van der Waals surface area (Å²) in [5.74, 6) is 0.955. The summed E-state index contributed by atoms with van der Waals surface area (Å²) in [5, 5.41) is 6.93. The van der Waals surface area contributed by atoms with Gasteiger partial charge in [-0.25, -0.2) is 0 Å². The van der Waals surface area contributed by atoms with Crippen molar-refractivity contribution in [2.45, 2.75) is 51.5 Å². The van der Waals surface area contributed by atoms with E-state index >= 15 is 0 Å². The van der Waals surface area contributed by atoms with Crippen LogP contribution in [0, 0.1) is 0 Å². The van der Waals surface area contributed by atoms with Crippen LogP contribution in [0.5, 0.6) is 0 Å². The Balaban J connectivity index is 0.00000364. The maximum Gasteiger partial charge on any atom is 0.190 e. The van der Waals surface area contributed by atoms with Gasteiger partial charge in [-0.05, 0) is 59.2 Å². The van der Waals surface area contributed by atoms with Gasteiger partial charge in [0.25, 0.3) is 0 Å². The number of nitrogens with one attached hydrogen (secondary N) is 2. The molecule has 2 N–H and O–H groups in total. The molecule has 2 saturated heterocycles. The number of likely N-dealkylation sites (tertiary alicyclic amines) is 1. The lowest BCUT2D eigenvalue weighted by Gasteiger charge is -2.33. The molecule has 0 spiro atoms. The van der Waals surface area contributed by atoms with Crippen LogP contribution in [0.15, 0.2) is 4.99 Å². The first-order chi connectivity index (χ1) is 12.7. The van der Waals surface area contributed by atoms with E-state index in [4.69, 9.17) is 0 Å². The van der Waals surface area contributed by atoms with E-state index in [2.05, 4.69) is 44.3 Å². The van der Waals surface area contributed by atoms with Crippen molar-refractivity contribution in [2.75, 3.05) is 73.0 Å².